The van der Waals surface area contributed by atoms with Crippen LogP contribution in [-0.2, 0) is 26.3 Å². The van der Waals surface area contributed by atoms with Crippen LogP contribution in [0, 0.1) is 17.7 Å². The molecule has 5 atom stereocenters. The molecular formula is C26H25FN4O3. The molecule has 1 aromatic heterocycles. The van der Waals surface area contributed by atoms with Gasteiger partial charge in [0.05, 0.1) is 11.8 Å². The minimum Gasteiger partial charge on any atom is -0.361 e. The second-order valence-electron chi connectivity index (χ2n) is 9.57. The van der Waals surface area contributed by atoms with Crippen LogP contribution in [-0.4, -0.2) is 39.7 Å². The quantitative estimate of drug-likeness (QED) is 0.522. The number of likely N-dealkylation sites (tertiary alicyclic amines) is 1. The summed E-state index contributed by atoms with van der Waals surface area (Å²) in [6.45, 7) is 3.76. The molecule has 0 radical (unpaired) electrons. The molecule has 4 heterocycles. The summed E-state index contributed by atoms with van der Waals surface area (Å²) in [4.78, 5) is 45.5. The molecule has 3 aromatic rings. The van der Waals surface area contributed by atoms with Crippen molar-refractivity contribution < 1.29 is 18.8 Å². The van der Waals surface area contributed by atoms with Gasteiger partial charge < -0.3 is 10.3 Å². The first-order chi connectivity index (χ1) is 16.4. The second-order valence-corrected chi connectivity index (χ2v) is 9.57. The van der Waals surface area contributed by atoms with Gasteiger partial charge in [-0.05, 0) is 49.6 Å². The number of amides is 3. The van der Waals surface area contributed by atoms with Gasteiger partial charge in [0, 0.05) is 40.4 Å². The first-order valence-corrected chi connectivity index (χ1v) is 11.7. The van der Waals surface area contributed by atoms with Crippen molar-refractivity contribution in [1.29, 1.82) is 0 Å². The summed E-state index contributed by atoms with van der Waals surface area (Å²) in [5.41, 5.74) is 1.33. The van der Waals surface area contributed by atoms with Gasteiger partial charge in [0.25, 0.3) is 0 Å². The van der Waals surface area contributed by atoms with Gasteiger partial charge >= 0.3 is 0 Å². The van der Waals surface area contributed by atoms with Crippen LogP contribution in [0.2, 0.25) is 0 Å². The third-order valence-corrected chi connectivity index (χ3v) is 7.86. The number of halogens is 1. The number of hydrogen-bond acceptors (Lipinski definition) is 4. The molecule has 5 unspecified atom stereocenters. The summed E-state index contributed by atoms with van der Waals surface area (Å²) in [5.74, 6) is -3.22. The lowest BCUT2D eigenvalue weighted by Crippen LogP contribution is -2.54. The number of para-hydroxylation sites is 1. The van der Waals surface area contributed by atoms with E-state index in [1.54, 1.807) is 0 Å². The van der Waals surface area contributed by atoms with Gasteiger partial charge in [-0.25, -0.2) is 4.39 Å². The Labute approximate surface area is 195 Å². The highest BCUT2D eigenvalue weighted by atomic mass is 19.1. The number of fused-ring (bicyclic) bond motifs is 5. The summed E-state index contributed by atoms with van der Waals surface area (Å²) in [7, 11) is 0. The Kier molecular flexibility index (Phi) is 4.48. The monoisotopic (exact) mass is 460 g/mol. The number of nitrogens with one attached hydrogen (secondary N) is 3. The van der Waals surface area contributed by atoms with Gasteiger partial charge in [0.15, 0.2) is 0 Å². The molecule has 0 bridgehead atoms. The summed E-state index contributed by atoms with van der Waals surface area (Å²) in [6, 6.07) is 11.2. The van der Waals surface area contributed by atoms with E-state index in [9.17, 15) is 18.8 Å². The highest BCUT2D eigenvalue weighted by Gasteiger charge is 2.70. The number of rotatable bonds is 4. The molecule has 8 heteroatoms. The molecule has 2 aromatic carbocycles. The smallest absolute Gasteiger partial charge is 0.250 e. The fourth-order valence-corrected chi connectivity index (χ4v) is 6.13. The average molecular weight is 461 g/mol. The highest BCUT2D eigenvalue weighted by Crippen LogP contribution is 2.53. The second kappa shape index (κ2) is 7.24. The van der Waals surface area contributed by atoms with E-state index in [0.717, 1.165) is 16.5 Å². The van der Waals surface area contributed by atoms with Crippen LogP contribution in [0.25, 0.3) is 10.9 Å². The molecule has 2 fully saturated rings. The Morgan fingerprint density at radius 3 is 2.71 bits per heavy atom. The zero-order chi connectivity index (χ0) is 23.8. The molecule has 34 heavy (non-hydrogen) atoms. The number of carbonyl (C=O) groups excluding carboxylic acids is 3. The van der Waals surface area contributed by atoms with Crippen LogP contribution in [0.5, 0.6) is 0 Å². The summed E-state index contributed by atoms with van der Waals surface area (Å²) < 4.78 is 14.3. The first-order valence-electron chi connectivity index (χ1n) is 11.7. The van der Waals surface area contributed by atoms with Gasteiger partial charge in [-0.15, -0.1) is 0 Å². The topological polar surface area (TPSA) is 94.3 Å². The van der Waals surface area contributed by atoms with Gasteiger partial charge in [-0.2, -0.15) is 0 Å². The molecule has 7 nitrogen and oxygen atoms in total. The number of anilines is 1. The van der Waals surface area contributed by atoms with E-state index in [4.69, 9.17) is 0 Å². The zero-order valence-corrected chi connectivity index (χ0v) is 18.9. The lowest BCUT2D eigenvalue weighted by Gasteiger charge is -2.31. The van der Waals surface area contributed by atoms with Crippen LogP contribution in [0.4, 0.5) is 10.1 Å². The zero-order valence-electron chi connectivity index (χ0n) is 18.9. The van der Waals surface area contributed by atoms with Crippen molar-refractivity contribution in [2.24, 2.45) is 11.8 Å². The van der Waals surface area contributed by atoms with Gasteiger partial charge in [0.2, 0.25) is 17.7 Å². The van der Waals surface area contributed by atoms with E-state index >= 15 is 0 Å². The normalized spacial score (nSPS) is 28.6. The Balaban J connectivity index is 1.50. The Morgan fingerprint density at radius 1 is 1.12 bits per heavy atom. The van der Waals surface area contributed by atoms with Crippen LogP contribution < -0.4 is 10.6 Å². The number of imide groups is 1. The first kappa shape index (κ1) is 21.0. The predicted octanol–water partition coefficient (Wildman–Crippen LogP) is 3.07. The molecule has 3 N–H and O–H groups in total. The molecular weight excluding hydrogens is 435 g/mol. The summed E-state index contributed by atoms with van der Waals surface area (Å²) in [6.07, 6.45) is 2.96. The molecule has 0 saturated carbocycles. The lowest BCUT2D eigenvalue weighted by atomic mass is 9.76. The number of H-pyrrole nitrogens is 1. The Morgan fingerprint density at radius 2 is 1.91 bits per heavy atom. The molecule has 2 saturated heterocycles. The maximum Gasteiger partial charge on any atom is 0.250 e. The largest absolute Gasteiger partial charge is 0.361 e. The van der Waals surface area contributed by atoms with Crippen molar-refractivity contribution in [3.05, 3.63) is 65.6 Å². The van der Waals surface area contributed by atoms with Crippen LogP contribution in [0.3, 0.4) is 0 Å². The summed E-state index contributed by atoms with van der Waals surface area (Å²) >= 11 is 0. The number of aromatic nitrogens is 1. The molecule has 174 valence electrons. The number of hydrogen-bond donors (Lipinski definition) is 3. The standard InChI is InChI=1S/C26H25FN4O3/c1-3-13(2)31-23(32)21-20(10-14-12-28-18-7-5-4-6-16(14)18)30-26(22(21)24(31)33)17-11-15(27)8-9-19(17)29-25(26)34/h4-9,11-13,20-22,28,30H,3,10H2,1-2H3,(H,29,34). The van der Waals surface area contributed by atoms with Crippen molar-refractivity contribution in [2.75, 3.05) is 5.32 Å². The van der Waals surface area contributed by atoms with Gasteiger partial charge in [0.1, 0.15) is 11.4 Å². The minimum atomic E-state index is -1.49. The molecule has 6 rings (SSSR count). The molecule has 0 aliphatic carbocycles. The fourth-order valence-electron chi connectivity index (χ4n) is 6.13. The van der Waals surface area contributed by atoms with Crippen molar-refractivity contribution >= 4 is 34.3 Å². The van der Waals surface area contributed by atoms with E-state index in [2.05, 4.69) is 15.6 Å². The Hall–Kier alpha value is -3.52. The number of aromatic amines is 1. The lowest BCUT2D eigenvalue weighted by molar-refractivity contribution is -0.145. The van der Waals surface area contributed by atoms with Crippen LogP contribution in [0.15, 0.2) is 48.7 Å². The fraction of sp³-hybridized carbons (Fsp3) is 0.346. The van der Waals surface area contributed by atoms with Crippen LogP contribution >= 0.6 is 0 Å². The van der Waals surface area contributed by atoms with Crippen LogP contribution in [0.1, 0.15) is 31.4 Å². The minimum absolute atomic E-state index is 0.267. The maximum atomic E-state index is 14.3. The van der Waals surface area contributed by atoms with E-state index in [1.807, 2.05) is 44.3 Å². The number of nitrogens with zero attached hydrogens (tertiary/aromatic N) is 1. The number of carbonyl (C=O) groups is 3. The highest BCUT2D eigenvalue weighted by molar-refractivity contribution is 6.15. The van der Waals surface area contributed by atoms with E-state index < -0.39 is 35.1 Å². The maximum absolute atomic E-state index is 14.3. The van der Waals surface area contributed by atoms with Crippen molar-refractivity contribution in [1.82, 2.24) is 15.2 Å². The van der Waals surface area contributed by atoms with Crippen molar-refractivity contribution in [2.45, 2.75) is 44.3 Å². The predicted molar refractivity (Wildman–Crippen MR) is 124 cm³/mol. The third-order valence-electron chi connectivity index (χ3n) is 7.86. The van der Waals surface area contributed by atoms with E-state index in [1.165, 1.54) is 23.1 Å². The van der Waals surface area contributed by atoms with Crippen molar-refractivity contribution in [3.8, 4) is 0 Å². The van der Waals surface area contributed by atoms with Gasteiger partial charge in [-0.3, -0.25) is 24.6 Å². The average Bonchev–Trinajstić information content (AvgIpc) is 3.53. The molecule has 1 spiro atoms. The molecule has 3 aliphatic heterocycles. The van der Waals surface area contributed by atoms with Gasteiger partial charge in [-0.1, -0.05) is 25.1 Å². The van der Waals surface area contributed by atoms with E-state index in [0.29, 0.717) is 24.1 Å². The summed E-state index contributed by atoms with van der Waals surface area (Å²) in [5, 5.41) is 7.23. The molecule has 3 aliphatic rings. The number of benzene rings is 2. The molecule has 3 amide bonds. The van der Waals surface area contributed by atoms with E-state index in [-0.39, 0.29) is 17.9 Å². The third kappa shape index (κ3) is 2.63. The SMILES string of the molecule is CCC(C)N1C(=O)C2C(Cc3c[nH]c4ccccc34)NC3(C(=O)Nc4ccc(F)cc43)C2C1=O. The Bertz CT molecular complexity index is 1370. The van der Waals surface area contributed by atoms with Crippen molar-refractivity contribution in [3.63, 3.8) is 0 Å².